The summed E-state index contributed by atoms with van der Waals surface area (Å²) in [7, 11) is 1.31. The Labute approximate surface area is 182 Å². The van der Waals surface area contributed by atoms with Gasteiger partial charge in [0.25, 0.3) is 0 Å². The van der Waals surface area contributed by atoms with Gasteiger partial charge in [-0.05, 0) is 44.7 Å². The van der Waals surface area contributed by atoms with E-state index in [1.165, 1.54) is 19.5 Å². The van der Waals surface area contributed by atoms with Gasteiger partial charge >= 0.3 is 5.97 Å². The maximum Gasteiger partial charge on any atom is 0.338 e. The van der Waals surface area contributed by atoms with Crippen molar-refractivity contribution in [3.63, 3.8) is 0 Å². The number of ether oxygens (including phenoxy) is 3. The highest BCUT2D eigenvalue weighted by molar-refractivity contribution is 5.93. The van der Waals surface area contributed by atoms with Crippen molar-refractivity contribution in [3.05, 3.63) is 36.2 Å². The third kappa shape index (κ3) is 6.16. The van der Waals surface area contributed by atoms with Gasteiger partial charge in [-0.15, -0.1) is 0 Å². The molecule has 166 valence electrons. The number of nitrogens with zero attached hydrogens (tertiary/aromatic N) is 3. The zero-order valence-electron chi connectivity index (χ0n) is 18.6. The highest BCUT2D eigenvalue weighted by Gasteiger charge is 2.29. The molecule has 0 atom stereocenters. The molecule has 31 heavy (non-hydrogen) atoms. The van der Waals surface area contributed by atoms with Crippen LogP contribution in [0.15, 0.2) is 30.6 Å². The van der Waals surface area contributed by atoms with Gasteiger partial charge < -0.3 is 14.2 Å². The summed E-state index contributed by atoms with van der Waals surface area (Å²) < 4.78 is 16.3. The summed E-state index contributed by atoms with van der Waals surface area (Å²) in [6, 6.07) is 4.82. The standard InChI is InChI=1S/C23H29N3O5/c1-14(2)22(27)26(13-16-6-7-16)20-11-25-21(12-24-20)31-19-9-17(23(28)29-5)8-18(10-19)30-15(3)4/h8-12,14-16H,6-7,13H2,1-5H3. The smallest absolute Gasteiger partial charge is 0.338 e. The maximum atomic E-state index is 12.6. The summed E-state index contributed by atoms with van der Waals surface area (Å²) in [4.78, 5) is 35.0. The molecule has 1 aromatic heterocycles. The molecule has 0 saturated heterocycles. The number of carbonyl (C=O) groups is 2. The number of methoxy groups -OCH3 is 1. The van der Waals surface area contributed by atoms with Gasteiger partial charge in [-0.3, -0.25) is 9.69 Å². The summed E-state index contributed by atoms with van der Waals surface area (Å²) >= 11 is 0. The first kappa shape index (κ1) is 22.5. The Morgan fingerprint density at radius 2 is 1.77 bits per heavy atom. The molecule has 3 rings (SSSR count). The van der Waals surface area contributed by atoms with E-state index in [2.05, 4.69) is 9.97 Å². The van der Waals surface area contributed by atoms with Crippen molar-refractivity contribution in [2.45, 2.75) is 46.6 Å². The van der Waals surface area contributed by atoms with Crippen LogP contribution < -0.4 is 14.4 Å². The van der Waals surface area contributed by atoms with Crippen molar-refractivity contribution in [2.24, 2.45) is 11.8 Å². The summed E-state index contributed by atoms with van der Waals surface area (Å²) in [5.41, 5.74) is 0.304. The molecule has 0 aliphatic heterocycles. The third-order valence-corrected chi connectivity index (χ3v) is 4.68. The topological polar surface area (TPSA) is 90.9 Å². The molecule has 1 heterocycles. The van der Waals surface area contributed by atoms with E-state index in [1.54, 1.807) is 23.1 Å². The molecule has 1 aliphatic carbocycles. The minimum absolute atomic E-state index is 0.0242. The normalized spacial score (nSPS) is 13.3. The lowest BCUT2D eigenvalue weighted by molar-refractivity contribution is -0.121. The SMILES string of the molecule is COC(=O)c1cc(Oc2cnc(N(CC3CC3)C(=O)C(C)C)cn2)cc(OC(C)C)c1. The second-order valence-corrected chi connectivity index (χ2v) is 8.21. The Balaban J connectivity index is 1.80. The van der Waals surface area contributed by atoms with Gasteiger partial charge in [0.05, 0.1) is 31.2 Å². The van der Waals surface area contributed by atoms with E-state index in [4.69, 9.17) is 14.2 Å². The monoisotopic (exact) mass is 427 g/mol. The lowest BCUT2D eigenvalue weighted by Gasteiger charge is -2.23. The van der Waals surface area contributed by atoms with Crippen LogP contribution in [0, 0.1) is 11.8 Å². The molecule has 0 bridgehead atoms. The number of hydrogen-bond acceptors (Lipinski definition) is 7. The van der Waals surface area contributed by atoms with Gasteiger partial charge in [0, 0.05) is 18.5 Å². The number of amides is 1. The largest absolute Gasteiger partial charge is 0.491 e. The van der Waals surface area contributed by atoms with Crippen LogP contribution in [0.5, 0.6) is 17.4 Å². The summed E-state index contributed by atoms with van der Waals surface area (Å²) in [5.74, 6) is 1.52. The second-order valence-electron chi connectivity index (χ2n) is 8.21. The Kier molecular flexibility index (Phi) is 7.09. The van der Waals surface area contributed by atoms with Crippen molar-refractivity contribution in [1.82, 2.24) is 9.97 Å². The fourth-order valence-corrected chi connectivity index (χ4v) is 3.00. The minimum atomic E-state index is -0.497. The number of anilines is 1. The van der Waals surface area contributed by atoms with Gasteiger partial charge in [0.15, 0.2) is 5.82 Å². The molecular formula is C23H29N3O5. The molecule has 1 saturated carbocycles. The van der Waals surface area contributed by atoms with E-state index in [9.17, 15) is 9.59 Å². The lowest BCUT2D eigenvalue weighted by atomic mass is 10.2. The van der Waals surface area contributed by atoms with Crippen LogP contribution in [-0.2, 0) is 9.53 Å². The van der Waals surface area contributed by atoms with Gasteiger partial charge in [0.2, 0.25) is 11.8 Å². The molecule has 1 fully saturated rings. The quantitative estimate of drug-likeness (QED) is 0.553. The molecule has 0 N–H and O–H groups in total. The Morgan fingerprint density at radius 1 is 1.06 bits per heavy atom. The first-order valence-corrected chi connectivity index (χ1v) is 10.5. The van der Waals surface area contributed by atoms with Crippen LogP contribution in [0.1, 0.15) is 50.9 Å². The number of rotatable bonds is 9. The molecular weight excluding hydrogens is 398 g/mol. The fourth-order valence-electron chi connectivity index (χ4n) is 3.00. The first-order valence-electron chi connectivity index (χ1n) is 10.5. The zero-order chi connectivity index (χ0) is 22.5. The van der Waals surface area contributed by atoms with Crippen molar-refractivity contribution in [2.75, 3.05) is 18.6 Å². The molecule has 0 unspecified atom stereocenters. The highest BCUT2D eigenvalue weighted by atomic mass is 16.5. The molecule has 0 spiro atoms. The summed E-state index contributed by atoms with van der Waals surface area (Å²) in [5, 5.41) is 0. The van der Waals surface area contributed by atoms with Crippen molar-refractivity contribution < 1.29 is 23.8 Å². The average molecular weight is 428 g/mol. The molecule has 1 aromatic carbocycles. The van der Waals surface area contributed by atoms with E-state index in [0.29, 0.717) is 35.3 Å². The predicted octanol–water partition coefficient (Wildman–Crippen LogP) is 4.24. The number of esters is 1. The van der Waals surface area contributed by atoms with Crippen LogP contribution in [-0.4, -0.2) is 41.6 Å². The Hall–Kier alpha value is -3.16. The lowest BCUT2D eigenvalue weighted by Crippen LogP contribution is -2.36. The molecule has 1 amide bonds. The first-order chi connectivity index (χ1) is 14.8. The van der Waals surface area contributed by atoms with Gasteiger partial charge in [0.1, 0.15) is 11.5 Å². The van der Waals surface area contributed by atoms with Crippen molar-refractivity contribution in [3.8, 4) is 17.4 Å². The van der Waals surface area contributed by atoms with Crippen LogP contribution >= 0.6 is 0 Å². The Morgan fingerprint density at radius 3 is 2.32 bits per heavy atom. The highest BCUT2D eigenvalue weighted by Crippen LogP contribution is 2.32. The predicted molar refractivity (Wildman–Crippen MR) is 116 cm³/mol. The van der Waals surface area contributed by atoms with Gasteiger partial charge in [-0.2, -0.15) is 0 Å². The molecule has 0 radical (unpaired) electrons. The summed E-state index contributed by atoms with van der Waals surface area (Å²) in [6.45, 7) is 8.18. The average Bonchev–Trinajstić information content (AvgIpc) is 3.55. The summed E-state index contributed by atoms with van der Waals surface area (Å²) in [6.07, 6.45) is 5.20. The third-order valence-electron chi connectivity index (χ3n) is 4.68. The second kappa shape index (κ2) is 9.76. The van der Waals surface area contributed by atoms with Gasteiger partial charge in [-0.25, -0.2) is 14.8 Å². The maximum absolute atomic E-state index is 12.6. The zero-order valence-corrected chi connectivity index (χ0v) is 18.6. The molecule has 1 aliphatic rings. The molecule has 8 nitrogen and oxygen atoms in total. The minimum Gasteiger partial charge on any atom is -0.491 e. The van der Waals surface area contributed by atoms with Crippen LogP contribution in [0.3, 0.4) is 0 Å². The van der Waals surface area contributed by atoms with Gasteiger partial charge in [-0.1, -0.05) is 13.8 Å². The van der Waals surface area contributed by atoms with E-state index in [0.717, 1.165) is 12.8 Å². The van der Waals surface area contributed by atoms with Crippen LogP contribution in [0.2, 0.25) is 0 Å². The van der Waals surface area contributed by atoms with E-state index in [1.807, 2.05) is 27.7 Å². The Bertz CT molecular complexity index is 923. The number of aromatic nitrogens is 2. The fraction of sp³-hybridized carbons (Fsp3) is 0.478. The number of benzene rings is 1. The van der Waals surface area contributed by atoms with E-state index in [-0.39, 0.29) is 23.8 Å². The molecule has 8 heteroatoms. The van der Waals surface area contributed by atoms with E-state index < -0.39 is 5.97 Å². The van der Waals surface area contributed by atoms with Crippen LogP contribution in [0.25, 0.3) is 0 Å². The molecule has 2 aromatic rings. The number of hydrogen-bond donors (Lipinski definition) is 0. The van der Waals surface area contributed by atoms with Crippen molar-refractivity contribution >= 4 is 17.7 Å². The van der Waals surface area contributed by atoms with Crippen molar-refractivity contribution in [1.29, 1.82) is 0 Å². The number of carbonyl (C=O) groups excluding carboxylic acids is 2. The van der Waals surface area contributed by atoms with E-state index >= 15 is 0 Å². The van der Waals surface area contributed by atoms with Crippen LogP contribution in [0.4, 0.5) is 5.82 Å².